The SMILES string of the molecule is COc1cccc(C(=O)NCCN(Cc2ccc(C)cc2)S(C)(=O)=O)c1. The predicted octanol–water partition coefficient (Wildman–Crippen LogP) is 2.20. The van der Waals surface area contributed by atoms with E-state index in [9.17, 15) is 13.2 Å². The van der Waals surface area contributed by atoms with Gasteiger partial charge in [0.1, 0.15) is 5.75 Å². The van der Waals surface area contributed by atoms with E-state index in [4.69, 9.17) is 4.74 Å². The van der Waals surface area contributed by atoms with Crippen molar-refractivity contribution in [3.05, 3.63) is 65.2 Å². The van der Waals surface area contributed by atoms with Crippen molar-refractivity contribution >= 4 is 15.9 Å². The summed E-state index contributed by atoms with van der Waals surface area (Å²) in [6.07, 6.45) is 1.17. The van der Waals surface area contributed by atoms with E-state index in [1.54, 1.807) is 24.3 Å². The number of ether oxygens (including phenoxy) is 1. The van der Waals surface area contributed by atoms with Crippen molar-refractivity contribution in [2.75, 3.05) is 26.5 Å². The highest BCUT2D eigenvalue weighted by molar-refractivity contribution is 7.88. The predicted molar refractivity (Wildman–Crippen MR) is 102 cm³/mol. The van der Waals surface area contributed by atoms with Crippen molar-refractivity contribution in [2.45, 2.75) is 13.5 Å². The van der Waals surface area contributed by atoms with E-state index in [1.807, 2.05) is 31.2 Å². The number of sulfonamides is 1. The molecular formula is C19H24N2O4S. The zero-order chi connectivity index (χ0) is 19.2. The van der Waals surface area contributed by atoms with Crippen LogP contribution in [0, 0.1) is 6.92 Å². The molecule has 0 aliphatic rings. The number of benzene rings is 2. The van der Waals surface area contributed by atoms with Gasteiger partial charge >= 0.3 is 0 Å². The Morgan fingerprint density at radius 1 is 1.15 bits per heavy atom. The van der Waals surface area contributed by atoms with Crippen molar-refractivity contribution < 1.29 is 17.9 Å². The van der Waals surface area contributed by atoms with Crippen LogP contribution in [0.15, 0.2) is 48.5 Å². The van der Waals surface area contributed by atoms with Crippen molar-refractivity contribution in [1.82, 2.24) is 9.62 Å². The van der Waals surface area contributed by atoms with Crippen LogP contribution in [0.2, 0.25) is 0 Å². The number of hydrogen-bond donors (Lipinski definition) is 1. The number of nitrogens with one attached hydrogen (secondary N) is 1. The van der Waals surface area contributed by atoms with Crippen molar-refractivity contribution in [2.24, 2.45) is 0 Å². The summed E-state index contributed by atoms with van der Waals surface area (Å²) >= 11 is 0. The first-order valence-electron chi connectivity index (χ1n) is 8.22. The number of methoxy groups -OCH3 is 1. The van der Waals surface area contributed by atoms with Crippen LogP contribution in [-0.4, -0.2) is 45.1 Å². The molecule has 0 aromatic heterocycles. The zero-order valence-corrected chi connectivity index (χ0v) is 16.0. The molecule has 2 aromatic rings. The van der Waals surface area contributed by atoms with Gasteiger partial charge in [0.2, 0.25) is 10.0 Å². The Balaban J connectivity index is 1.96. The molecule has 0 saturated heterocycles. The van der Waals surface area contributed by atoms with Crippen molar-refractivity contribution in [3.8, 4) is 5.75 Å². The van der Waals surface area contributed by atoms with E-state index in [0.29, 0.717) is 11.3 Å². The monoisotopic (exact) mass is 376 g/mol. The summed E-state index contributed by atoms with van der Waals surface area (Å²) in [5, 5.41) is 2.75. The molecule has 1 amide bonds. The second-order valence-corrected chi connectivity index (χ2v) is 8.05. The first-order chi connectivity index (χ1) is 12.3. The van der Waals surface area contributed by atoms with Gasteiger partial charge in [0.25, 0.3) is 5.91 Å². The van der Waals surface area contributed by atoms with Gasteiger partial charge in [-0.1, -0.05) is 35.9 Å². The Kier molecular flexibility index (Phi) is 6.76. The molecule has 7 heteroatoms. The average Bonchev–Trinajstić information content (AvgIpc) is 2.61. The topological polar surface area (TPSA) is 75.7 Å². The molecule has 0 aliphatic carbocycles. The number of amides is 1. The van der Waals surface area contributed by atoms with Crippen LogP contribution in [0.4, 0.5) is 0 Å². The number of hydrogen-bond acceptors (Lipinski definition) is 4. The molecule has 0 saturated carbocycles. The Bertz CT molecular complexity index is 848. The third kappa shape index (κ3) is 5.86. The Labute approximate surface area is 154 Å². The normalized spacial score (nSPS) is 11.4. The minimum atomic E-state index is -3.38. The fourth-order valence-corrected chi connectivity index (χ4v) is 3.23. The Morgan fingerprint density at radius 3 is 2.46 bits per heavy atom. The highest BCUT2D eigenvalue weighted by Crippen LogP contribution is 2.12. The molecule has 1 N–H and O–H groups in total. The molecule has 26 heavy (non-hydrogen) atoms. The first-order valence-corrected chi connectivity index (χ1v) is 10.1. The molecule has 0 fully saturated rings. The van der Waals surface area contributed by atoms with Crippen molar-refractivity contribution in [3.63, 3.8) is 0 Å². The standard InChI is InChI=1S/C19H24N2O4S/c1-15-7-9-16(10-8-15)14-21(26(3,23)24)12-11-20-19(22)17-5-4-6-18(13-17)25-2/h4-10,13H,11-12,14H2,1-3H3,(H,20,22). The fourth-order valence-electron chi connectivity index (χ4n) is 2.42. The average molecular weight is 376 g/mol. The van der Waals surface area contributed by atoms with Crippen LogP contribution in [0.3, 0.4) is 0 Å². The molecule has 0 heterocycles. The van der Waals surface area contributed by atoms with E-state index in [1.165, 1.54) is 17.7 Å². The lowest BCUT2D eigenvalue weighted by atomic mass is 10.1. The molecule has 140 valence electrons. The third-order valence-corrected chi connectivity index (χ3v) is 5.18. The lowest BCUT2D eigenvalue weighted by Gasteiger charge is -2.20. The van der Waals surface area contributed by atoms with E-state index >= 15 is 0 Å². The van der Waals surface area contributed by atoms with Gasteiger partial charge in [-0.15, -0.1) is 0 Å². The largest absolute Gasteiger partial charge is 0.497 e. The minimum Gasteiger partial charge on any atom is -0.497 e. The molecule has 2 aromatic carbocycles. The summed E-state index contributed by atoms with van der Waals surface area (Å²) < 4.78 is 30.5. The number of aryl methyl sites for hydroxylation is 1. The smallest absolute Gasteiger partial charge is 0.251 e. The molecule has 2 rings (SSSR count). The summed E-state index contributed by atoms with van der Waals surface area (Å²) in [5.41, 5.74) is 2.49. The molecule has 0 aliphatic heterocycles. The number of carbonyl (C=O) groups is 1. The molecule has 0 radical (unpaired) electrons. The maximum absolute atomic E-state index is 12.2. The van der Waals surface area contributed by atoms with Gasteiger partial charge in [-0.2, -0.15) is 4.31 Å². The van der Waals surface area contributed by atoms with Gasteiger partial charge in [0.05, 0.1) is 13.4 Å². The van der Waals surface area contributed by atoms with Crippen molar-refractivity contribution in [1.29, 1.82) is 0 Å². The number of nitrogens with zero attached hydrogens (tertiary/aromatic N) is 1. The lowest BCUT2D eigenvalue weighted by Crippen LogP contribution is -2.37. The van der Waals surface area contributed by atoms with Crippen LogP contribution in [0.1, 0.15) is 21.5 Å². The third-order valence-electron chi connectivity index (χ3n) is 3.93. The minimum absolute atomic E-state index is 0.197. The molecule has 0 spiro atoms. The van der Waals surface area contributed by atoms with Gasteiger partial charge in [0.15, 0.2) is 0 Å². The van der Waals surface area contributed by atoms with Gasteiger partial charge in [-0.3, -0.25) is 4.79 Å². The highest BCUT2D eigenvalue weighted by Gasteiger charge is 2.17. The van der Waals surface area contributed by atoms with E-state index < -0.39 is 10.0 Å². The van der Waals surface area contributed by atoms with Gasteiger partial charge in [-0.05, 0) is 30.7 Å². The maximum atomic E-state index is 12.2. The summed E-state index contributed by atoms with van der Waals surface area (Å²) in [6.45, 7) is 2.66. The molecule has 0 unspecified atom stereocenters. The lowest BCUT2D eigenvalue weighted by molar-refractivity contribution is 0.0951. The van der Waals surface area contributed by atoms with E-state index in [2.05, 4.69) is 5.32 Å². The van der Waals surface area contributed by atoms with Gasteiger partial charge < -0.3 is 10.1 Å². The number of carbonyl (C=O) groups excluding carboxylic acids is 1. The van der Waals surface area contributed by atoms with Crippen LogP contribution in [-0.2, 0) is 16.6 Å². The summed E-state index contributed by atoms with van der Waals surface area (Å²) in [4.78, 5) is 12.2. The maximum Gasteiger partial charge on any atom is 0.251 e. The van der Waals surface area contributed by atoms with Gasteiger partial charge in [-0.25, -0.2) is 8.42 Å². The fraction of sp³-hybridized carbons (Fsp3) is 0.316. The van der Waals surface area contributed by atoms with E-state index in [-0.39, 0.29) is 25.5 Å². The summed E-state index contributed by atoms with van der Waals surface area (Å²) in [5.74, 6) is 0.322. The quantitative estimate of drug-likeness (QED) is 0.766. The second kappa shape index (κ2) is 8.82. The van der Waals surface area contributed by atoms with Crippen LogP contribution in [0.5, 0.6) is 5.75 Å². The number of rotatable bonds is 8. The van der Waals surface area contributed by atoms with Crippen LogP contribution < -0.4 is 10.1 Å². The molecule has 0 bridgehead atoms. The summed E-state index contributed by atoms with van der Waals surface area (Å²) in [7, 11) is -1.85. The Hall–Kier alpha value is -2.38. The second-order valence-electron chi connectivity index (χ2n) is 6.07. The van der Waals surface area contributed by atoms with Crippen LogP contribution in [0.25, 0.3) is 0 Å². The highest BCUT2D eigenvalue weighted by atomic mass is 32.2. The summed E-state index contributed by atoms with van der Waals surface area (Å²) in [6, 6.07) is 14.5. The molecule has 6 nitrogen and oxygen atoms in total. The zero-order valence-electron chi connectivity index (χ0n) is 15.2. The van der Waals surface area contributed by atoms with E-state index in [0.717, 1.165) is 11.1 Å². The molecular weight excluding hydrogens is 352 g/mol. The van der Waals surface area contributed by atoms with Gasteiger partial charge in [0, 0.05) is 25.2 Å². The Morgan fingerprint density at radius 2 is 1.85 bits per heavy atom. The molecule has 0 atom stereocenters. The van der Waals surface area contributed by atoms with Crippen LogP contribution >= 0.6 is 0 Å². The first kappa shape index (κ1) is 19.9.